The van der Waals surface area contributed by atoms with Gasteiger partial charge in [0.15, 0.2) is 25.2 Å². The lowest BCUT2D eigenvalue weighted by Crippen LogP contribution is -2.72. The first-order valence-corrected chi connectivity index (χ1v) is 27.4. The van der Waals surface area contributed by atoms with Crippen LogP contribution in [0.5, 0.6) is 0 Å². The Labute approximate surface area is 437 Å². The van der Waals surface area contributed by atoms with Gasteiger partial charge in [0.05, 0.1) is 56.9 Å². The zero-order valence-corrected chi connectivity index (χ0v) is 44.2. The van der Waals surface area contributed by atoms with Crippen molar-refractivity contribution >= 4 is 0 Å². The summed E-state index contributed by atoms with van der Waals surface area (Å²) in [6.45, 7) is 13.4. The van der Waals surface area contributed by atoms with Crippen LogP contribution in [0.15, 0.2) is 12.2 Å². The third kappa shape index (κ3) is 8.55. The lowest BCUT2D eigenvalue weighted by Gasteiger charge is -2.73. The largest absolute Gasteiger partial charge is 0.396 e. The Hall–Kier alpha value is -1.14. The summed E-state index contributed by atoms with van der Waals surface area (Å²) >= 11 is 0. The van der Waals surface area contributed by atoms with Crippen molar-refractivity contribution in [2.75, 3.05) is 33.0 Å². The summed E-state index contributed by atoms with van der Waals surface area (Å²) in [5.74, 6) is 0.0623. The lowest BCUT2D eigenvalue weighted by atomic mass is 9.32. The Morgan fingerprint density at radius 1 is 0.573 bits per heavy atom. The number of hydrogen-bond acceptors (Lipinski definition) is 22. The summed E-state index contributed by atoms with van der Waals surface area (Å²) in [5.41, 5.74) is -2.76. The highest BCUT2D eigenvalue weighted by Gasteiger charge is 2.79. The van der Waals surface area contributed by atoms with Crippen LogP contribution in [0.4, 0.5) is 0 Å². The molecule has 0 aromatic rings. The van der Waals surface area contributed by atoms with Crippen molar-refractivity contribution < 1.29 is 109 Å². The molecule has 10 rings (SSSR count). The minimum Gasteiger partial charge on any atom is -0.396 e. The third-order valence-electron chi connectivity index (χ3n) is 21.8. The van der Waals surface area contributed by atoms with Gasteiger partial charge in [-0.15, -0.1) is 0 Å². The molecule has 5 heterocycles. The fourth-order valence-electron chi connectivity index (χ4n) is 17.0. The molecule has 5 aliphatic heterocycles. The molecule has 2 bridgehead atoms. The molecule has 5 aliphatic carbocycles. The van der Waals surface area contributed by atoms with Crippen molar-refractivity contribution in [1.82, 2.24) is 0 Å². The van der Waals surface area contributed by atoms with Crippen LogP contribution >= 0.6 is 0 Å². The van der Waals surface area contributed by atoms with E-state index in [2.05, 4.69) is 46.8 Å². The highest BCUT2D eigenvalue weighted by Crippen LogP contribution is 2.79. The zero-order valence-electron chi connectivity index (χ0n) is 44.2. The van der Waals surface area contributed by atoms with Crippen molar-refractivity contribution in [3.63, 3.8) is 0 Å². The van der Waals surface area contributed by atoms with Crippen molar-refractivity contribution in [3.8, 4) is 0 Å². The van der Waals surface area contributed by atoms with Gasteiger partial charge in [-0.05, 0) is 86.4 Å². The normalized spacial score (nSPS) is 58.3. The summed E-state index contributed by atoms with van der Waals surface area (Å²) < 4.78 is 56.1. The molecule has 9 fully saturated rings. The van der Waals surface area contributed by atoms with Crippen LogP contribution in [0.2, 0.25) is 0 Å². The SMILES string of the molecule is CC1OC(OC2CCC3(C)C(CCC4(C)C3C=CC35OCC6(CCC(C)(C)CC63)C(O)CC45C)C2(C)CO)C(OC2OC(CO)C(O)C(O)C2O)C(OC2OC(CO)C(OC3OCC(O)C(O)C3O)C(O)C2O)C1O. The van der Waals surface area contributed by atoms with Crippen molar-refractivity contribution in [3.05, 3.63) is 12.2 Å². The molecular weight excluding hydrogens is 989 g/mol. The molecule has 30 unspecified atom stereocenters. The molecule has 22 heteroatoms. The molecule has 5 saturated heterocycles. The van der Waals surface area contributed by atoms with Crippen LogP contribution in [0.25, 0.3) is 0 Å². The second-order valence-electron chi connectivity index (χ2n) is 26.1. The van der Waals surface area contributed by atoms with E-state index in [1.165, 1.54) is 6.92 Å². The molecule has 430 valence electrons. The van der Waals surface area contributed by atoms with E-state index in [1.807, 2.05) is 6.92 Å². The van der Waals surface area contributed by atoms with Crippen molar-refractivity contribution in [2.24, 2.45) is 50.2 Å². The highest BCUT2D eigenvalue weighted by atomic mass is 16.8. The molecule has 75 heavy (non-hydrogen) atoms. The fraction of sp³-hybridized carbons (Fsp3) is 0.962. The van der Waals surface area contributed by atoms with Gasteiger partial charge < -0.3 is 109 Å². The zero-order chi connectivity index (χ0) is 54.3. The van der Waals surface area contributed by atoms with Gasteiger partial charge in [-0.1, -0.05) is 53.7 Å². The van der Waals surface area contributed by atoms with Crippen LogP contribution < -0.4 is 0 Å². The van der Waals surface area contributed by atoms with E-state index in [0.717, 1.165) is 25.7 Å². The Kier molecular flexibility index (Phi) is 15.3. The molecule has 13 N–H and O–H groups in total. The van der Waals surface area contributed by atoms with Gasteiger partial charge in [0, 0.05) is 22.2 Å². The molecule has 0 amide bonds. The van der Waals surface area contributed by atoms with Crippen LogP contribution in [-0.4, -0.2) is 234 Å². The molecule has 0 aromatic heterocycles. The predicted octanol–water partition coefficient (Wildman–Crippen LogP) is -1.94. The second kappa shape index (κ2) is 20.1. The maximum atomic E-state index is 12.3. The van der Waals surface area contributed by atoms with Gasteiger partial charge >= 0.3 is 0 Å². The van der Waals surface area contributed by atoms with Gasteiger partial charge in [-0.3, -0.25) is 0 Å². The number of allylic oxidation sites excluding steroid dienone is 1. The Bertz CT molecular complexity index is 2070. The van der Waals surface area contributed by atoms with Crippen molar-refractivity contribution in [2.45, 2.75) is 234 Å². The number of aliphatic hydroxyl groups excluding tert-OH is 13. The third-order valence-corrected chi connectivity index (χ3v) is 21.8. The molecule has 22 nitrogen and oxygen atoms in total. The first kappa shape index (κ1) is 57.1. The molecule has 4 saturated carbocycles. The van der Waals surface area contributed by atoms with E-state index in [0.29, 0.717) is 32.3 Å². The standard InChI is InChI=1S/C53H86O22/c1-23-32(59)41(74-45-39(66)36(63)40(26(19-55)71-45)73-43-37(64)33(60)24(57)20-67-43)42(75-44-38(65)35(62)34(61)25(18-54)70-44)46(69-23)72-31-10-11-48(4)27(49(31,5)21-56)8-12-50(6)28(48)9-13-53-29-16-47(2,3)14-15-52(29,22-68-53)30(58)17-51(50,53)7/h9,13,23-46,54-66H,8,10-12,14-22H2,1-7H3. The van der Waals surface area contributed by atoms with E-state index in [1.54, 1.807) is 0 Å². The Balaban J connectivity index is 0.937. The molecule has 1 spiro atoms. The van der Waals surface area contributed by atoms with Crippen molar-refractivity contribution in [1.29, 1.82) is 0 Å². The van der Waals surface area contributed by atoms with Crippen LogP contribution in [0.3, 0.4) is 0 Å². The number of rotatable bonds is 11. The van der Waals surface area contributed by atoms with Gasteiger partial charge in [-0.2, -0.15) is 0 Å². The van der Waals surface area contributed by atoms with E-state index in [4.69, 9.17) is 42.6 Å². The van der Waals surface area contributed by atoms with Gasteiger partial charge in [0.1, 0.15) is 85.5 Å². The van der Waals surface area contributed by atoms with Gasteiger partial charge in [0.25, 0.3) is 0 Å². The molecule has 10 aliphatic rings. The average Bonchev–Trinajstić information content (AvgIpc) is 3.65. The fourth-order valence-corrected chi connectivity index (χ4v) is 17.0. The number of aliphatic hydroxyl groups is 13. The van der Waals surface area contributed by atoms with E-state index >= 15 is 0 Å². The molecular formula is C53H86O22. The number of fused-ring (bicyclic) bond motifs is 4. The minimum atomic E-state index is -2.00. The lowest BCUT2D eigenvalue weighted by molar-refractivity contribution is -0.402. The number of hydrogen-bond donors (Lipinski definition) is 13. The van der Waals surface area contributed by atoms with E-state index in [9.17, 15) is 66.4 Å². The summed E-state index contributed by atoms with van der Waals surface area (Å²) in [6.07, 6.45) is -22.2. The van der Waals surface area contributed by atoms with Gasteiger partial charge in [-0.25, -0.2) is 0 Å². The highest BCUT2D eigenvalue weighted by molar-refractivity contribution is 5.36. The maximum Gasteiger partial charge on any atom is 0.187 e. The average molecular weight is 1080 g/mol. The van der Waals surface area contributed by atoms with Crippen LogP contribution in [0, 0.1) is 50.2 Å². The predicted molar refractivity (Wildman–Crippen MR) is 256 cm³/mol. The smallest absolute Gasteiger partial charge is 0.187 e. The molecule has 0 radical (unpaired) electrons. The summed E-state index contributed by atoms with van der Waals surface area (Å²) in [6, 6.07) is 0. The first-order valence-electron chi connectivity index (χ1n) is 27.4. The van der Waals surface area contributed by atoms with Gasteiger partial charge in [0.2, 0.25) is 0 Å². The Morgan fingerprint density at radius 3 is 1.89 bits per heavy atom. The monoisotopic (exact) mass is 1070 g/mol. The first-order chi connectivity index (χ1) is 35.2. The topological polar surface area (TPSA) is 346 Å². The summed E-state index contributed by atoms with van der Waals surface area (Å²) in [7, 11) is 0. The maximum absolute atomic E-state index is 12.3. The molecule has 0 aromatic carbocycles. The van der Waals surface area contributed by atoms with Crippen LogP contribution in [-0.2, 0) is 42.6 Å². The minimum absolute atomic E-state index is 0.0256. The van der Waals surface area contributed by atoms with E-state index < -0.39 is 165 Å². The second-order valence-corrected chi connectivity index (χ2v) is 26.1. The Morgan fingerprint density at radius 2 is 1.21 bits per heavy atom. The van der Waals surface area contributed by atoms with E-state index in [-0.39, 0.29) is 46.0 Å². The molecule has 30 atom stereocenters. The summed E-state index contributed by atoms with van der Waals surface area (Å²) in [5, 5.41) is 143. The number of ether oxygens (including phenoxy) is 9. The van der Waals surface area contributed by atoms with Crippen LogP contribution in [0.1, 0.15) is 99.8 Å². The quantitative estimate of drug-likeness (QED) is 0.0791. The summed E-state index contributed by atoms with van der Waals surface area (Å²) in [4.78, 5) is 0.